The Labute approximate surface area is 159 Å². The van der Waals surface area contributed by atoms with Gasteiger partial charge in [-0.05, 0) is 49.3 Å². The lowest BCUT2D eigenvalue weighted by Gasteiger charge is -2.27. The van der Waals surface area contributed by atoms with Gasteiger partial charge in [-0.25, -0.2) is 4.68 Å². The van der Waals surface area contributed by atoms with Gasteiger partial charge in [0.1, 0.15) is 11.9 Å². The Morgan fingerprint density at radius 3 is 2.67 bits per heavy atom. The largest absolute Gasteiger partial charge is 0.497 e. The van der Waals surface area contributed by atoms with Crippen LogP contribution in [0.5, 0.6) is 5.75 Å². The first-order chi connectivity index (χ1) is 13.1. The molecule has 1 aliphatic carbocycles. The molecule has 2 aromatic rings. The van der Waals surface area contributed by atoms with Crippen LogP contribution in [0.4, 0.5) is 0 Å². The minimum atomic E-state index is -0.137. The maximum atomic E-state index is 12.7. The Balaban J connectivity index is 1.42. The highest BCUT2D eigenvalue weighted by Crippen LogP contribution is 2.28. The van der Waals surface area contributed by atoms with Gasteiger partial charge < -0.3 is 14.8 Å². The second kappa shape index (κ2) is 7.68. The molecule has 27 heavy (non-hydrogen) atoms. The van der Waals surface area contributed by atoms with E-state index >= 15 is 0 Å². The summed E-state index contributed by atoms with van der Waals surface area (Å²) < 4.78 is 13.0. The molecule has 1 atom stereocenters. The predicted molar refractivity (Wildman–Crippen MR) is 99.4 cm³/mol. The first-order valence-corrected chi connectivity index (χ1v) is 9.63. The standard InChI is InChI=1S/C20H26N4O3/c1-13-3-7-15(8-4-13)21-20(25)19-17-12-27-18(11-24(17)23-22-19)14-5-9-16(26-2)10-6-14/h5-6,9-10,13,15,18H,3-4,7-8,11-12H2,1-2H3,(H,21,25)/t13?,15?,18-/m0/s1. The third-order valence-electron chi connectivity index (χ3n) is 5.65. The number of nitrogens with zero attached hydrogens (tertiary/aromatic N) is 3. The first kappa shape index (κ1) is 18.0. The molecule has 7 nitrogen and oxygen atoms in total. The van der Waals surface area contributed by atoms with E-state index in [2.05, 4.69) is 22.6 Å². The summed E-state index contributed by atoms with van der Waals surface area (Å²) in [6.45, 7) is 3.14. The zero-order chi connectivity index (χ0) is 18.8. The highest BCUT2D eigenvalue weighted by atomic mass is 16.5. The molecule has 0 radical (unpaired) electrons. The third kappa shape index (κ3) is 3.83. The zero-order valence-electron chi connectivity index (χ0n) is 15.9. The fourth-order valence-corrected chi connectivity index (χ4v) is 3.87. The summed E-state index contributed by atoms with van der Waals surface area (Å²) in [7, 11) is 1.65. The Bertz CT molecular complexity index is 794. The van der Waals surface area contributed by atoms with Crippen molar-refractivity contribution < 1.29 is 14.3 Å². The van der Waals surface area contributed by atoms with E-state index in [9.17, 15) is 4.79 Å². The number of fused-ring (bicyclic) bond motifs is 1. The first-order valence-electron chi connectivity index (χ1n) is 9.63. The van der Waals surface area contributed by atoms with Crippen molar-refractivity contribution in [2.45, 2.75) is 57.9 Å². The number of carbonyl (C=O) groups excluding carboxylic acids is 1. The molecule has 1 amide bonds. The summed E-state index contributed by atoms with van der Waals surface area (Å²) in [5.74, 6) is 1.43. The van der Waals surface area contributed by atoms with E-state index in [1.54, 1.807) is 11.8 Å². The van der Waals surface area contributed by atoms with Crippen LogP contribution < -0.4 is 10.1 Å². The van der Waals surface area contributed by atoms with Gasteiger partial charge in [0.05, 0.1) is 26.0 Å². The van der Waals surface area contributed by atoms with Gasteiger partial charge in [-0.15, -0.1) is 5.10 Å². The summed E-state index contributed by atoms with van der Waals surface area (Å²) in [4.78, 5) is 12.7. The van der Waals surface area contributed by atoms with E-state index in [-0.39, 0.29) is 18.1 Å². The summed E-state index contributed by atoms with van der Waals surface area (Å²) in [5, 5.41) is 11.5. The van der Waals surface area contributed by atoms with Crippen LogP contribution in [0.25, 0.3) is 0 Å². The molecular weight excluding hydrogens is 344 g/mol. The molecule has 1 N–H and O–H groups in total. The molecule has 0 spiro atoms. The number of ether oxygens (including phenoxy) is 2. The van der Waals surface area contributed by atoms with Crippen LogP contribution in [0.1, 0.15) is 60.5 Å². The lowest BCUT2D eigenvalue weighted by Crippen LogP contribution is -2.38. The maximum Gasteiger partial charge on any atom is 0.274 e. The summed E-state index contributed by atoms with van der Waals surface area (Å²) >= 11 is 0. The molecule has 144 valence electrons. The predicted octanol–water partition coefficient (Wildman–Crippen LogP) is 2.87. The Morgan fingerprint density at radius 1 is 1.22 bits per heavy atom. The molecule has 0 unspecified atom stereocenters. The SMILES string of the molecule is COc1ccc([C@@H]2Cn3nnc(C(=O)NC4CCC(C)CC4)c3CO2)cc1. The van der Waals surface area contributed by atoms with E-state index in [1.807, 2.05) is 24.3 Å². The van der Waals surface area contributed by atoms with Crippen molar-refractivity contribution in [3.05, 3.63) is 41.2 Å². The molecule has 2 aliphatic rings. The van der Waals surface area contributed by atoms with Gasteiger partial charge in [0, 0.05) is 6.04 Å². The minimum Gasteiger partial charge on any atom is -0.497 e. The van der Waals surface area contributed by atoms with Crippen LogP contribution in [0.3, 0.4) is 0 Å². The number of hydrogen-bond acceptors (Lipinski definition) is 5. The monoisotopic (exact) mass is 370 g/mol. The van der Waals surface area contributed by atoms with Crippen molar-refractivity contribution in [1.29, 1.82) is 0 Å². The van der Waals surface area contributed by atoms with E-state index in [0.29, 0.717) is 18.8 Å². The number of benzene rings is 1. The van der Waals surface area contributed by atoms with Gasteiger partial charge in [0.2, 0.25) is 0 Å². The molecule has 0 saturated heterocycles. The number of nitrogens with one attached hydrogen (secondary N) is 1. The minimum absolute atomic E-state index is 0.110. The number of methoxy groups -OCH3 is 1. The van der Waals surface area contributed by atoms with E-state index < -0.39 is 0 Å². The van der Waals surface area contributed by atoms with Crippen molar-refractivity contribution in [3.63, 3.8) is 0 Å². The van der Waals surface area contributed by atoms with Gasteiger partial charge in [-0.2, -0.15) is 0 Å². The maximum absolute atomic E-state index is 12.7. The van der Waals surface area contributed by atoms with Crippen LogP contribution in [0.15, 0.2) is 24.3 Å². The highest BCUT2D eigenvalue weighted by molar-refractivity contribution is 5.93. The van der Waals surface area contributed by atoms with Gasteiger partial charge in [-0.1, -0.05) is 24.3 Å². The average Bonchev–Trinajstić information content (AvgIpc) is 3.13. The second-order valence-corrected chi connectivity index (χ2v) is 7.57. The lowest BCUT2D eigenvalue weighted by atomic mass is 9.87. The molecule has 0 bridgehead atoms. The van der Waals surface area contributed by atoms with Crippen LogP contribution in [-0.2, 0) is 17.9 Å². The van der Waals surface area contributed by atoms with Gasteiger partial charge in [0.25, 0.3) is 5.91 Å². The average molecular weight is 370 g/mol. The van der Waals surface area contributed by atoms with Gasteiger partial charge in [-0.3, -0.25) is 4.79 Å². The molecule has 1 aliphatic heterocycles. The highest BCUT2D eigenvalue weighted by Gasteiger charge is 2.29. The number of aromatic nitrogens is 3. The summed E-state index contributed by atoms with van der Waals surface area (Å²) in [6, 6.07) is 8.05. The van der Waals surface area contributed by atoms with Crippen molar-refractivity contribution in [1.82, 2.24) is 20.3 Å². The third-order valence-corrected chi connectivity index (χ3v) is 5.65. The molecule has 2 heterocycles. The summed E-state index contributed by atoms with van der Waals surface area (Å²) in [5.41, 5.74) is 2.20. The molecule has 1 aromatic heterocycles. The van der Waals surface area contributed by atoms with E-state index in [4.69, 9.17) is 9.47 Å². The van der Waals surface area contributed by atoms with Crippen LogP contribution >= 0.6 is 0 Å². The number of carbonyl (C=O) groups is 1. The molecule has 4 rings (SSSR count). The lowest BCUT2D eigenvalue weighted by molar-refractivity contribution is -0.00180. The van der Waals surface area contributed by atoms with Crippen molar-refractivity contribution in [2.75, 3.05) is 7.11 Å². The Kier molecular flexibility index (Phi) is 5.11. The van der Waals surface area contributed by atoms with Crippen LogP contribution in [0.2, 0.25) is 0 Å². The number of hydrogen-bond donors (Lipinski definition) is 1. The zero-order valence-corrected chi connectivity index (χ0v) is 15.9. The normalized spacial score (nSPS) is 24.9. The topological polar surface area (TPSA) is 78.3 Å². The summed E-state index contributed by atoms with van der Waals surface area (Å²) in [6.07, 6.45) is 4.29. The number of amides is 1. The van der Waals surface area contributed by atoms with Gasteiger partial charge >= 0.3 is 0 Å². The Hall–Kier alpha value is -2.41. The fraction of sp³-hybridized carbons (Fsp3) is 0.550. The second-order valence-electron chi connectivity index (χ2n) is 7.57. The van der Waals surface area contributed by atoms with E-state index in [1.165, 1.54) is 0 Å². The number of rotatable bonds is 4. The van der Waals surface area contributed by atoms with Gasteiger partial charge in [0.15, 0.2) is 5.69 Å². The van der Waals surface area contributed by atoms with E-state index in [0.717, 1.165) is 48.6 Å². The van der Waals surface area contributed by atoms with Crippen molar-refractivity contribution in [2.24, 2.45) is 5.92 Å². The smallest absolute Gasteiger partial charge is 0.274 e. The van der Waals surface area contributed by atoms with Crippen molar-refractivity contribution >= 4 is 5.91 Å². The Morgan fingerprint density at radius 2 is 1.96 bits per heavy atom. The molecule has 1 fully saturated rings. The quantitative estimate of drug-likeness (QED) is 0.895. The fourth-order valence-electron chi connectivity index (χ4n) is 3.87. The van der Waals surface area contributed by atoms with Crippen LogP contribution in [-0.4, -0.2) is 34.1 Å². The molecule has 7 heteroatoms. The molecule has 1 aromatic carbocycles. The molecular formula is C20H26N4O3. The van der Waals surface area contributed by atoms with Crippen LogP contribution in [0, 0.1) is 5.92 Å². The van der Waals surface area contributed by atoms with Crippen molar-refractivity contribution in [3.8, 4) is 5.75 Å². The molecule has 1 saturated carbocycles.